The lowest BCUT2D eigenvalue weighted by molar-refractivity contribution is -0.161. The highest BCUT2D eigenvalue weighted by Gasteiger charge is 2.46. The SMILES string of the molecule is COc1ccc(C2CCC(c3ccc(N(C)C)cc3)OC23CCCCC3)cc1. The number of nitrogens with zero attached hydrogens (tertiary/aromatic N) is 1. The molecule has 2 fully saturated rings. The molecule has 2 aromatic rings. The number of benzene rings is 2. The maximum atomic E-state index is 6.98. The molecule has 2 aliphatic rings. The Morgan fingerprint density at radius 1 is 0.857 bits per heavy atom. The predicted octanol–water partition coefficient (Wildman–Crippen LogP) is 6.10. The summed E-state index contributed by atoms with van der Waals surface area (Å²) in [6.07, 6.45) is 8.72. The zero-order valence-electron chi connectivity index (χ0n) is 17.5. The van der Waals surface area contributed by atoms with Crippen molar-refractivity contribution in [3.05, 3.63) is 59.7 Å². The van der Waals surface area contributed by atoms with E-state index in [4.69, 9.17) is 9.47 Å². The summed E-state index contributed by atoms with van der Waals surface area (Å²) in [5, 5.41) is 0. The van der Waals surface area contributed by atoms with Crippen molar-refractivity contribution in [3.63, 3.8) is 0 Å². The van der Waals surface area contributed by atoms with Gasteiger partial charge in [-0.25, -0.2) is 0 Å². The Bertz CT molecular complexity index is 760. The van der Waals surface area contributed by atoms with E-state index in [0.29, 0.717) is 5.92 Å². The van der Waals surface area contributed by atoms with Gasteiger partial charge in [0.05, 0.1) is 18.8 Å². The van der Waals surface area contributed by atoms with Crippen molar-refractivity contribution >= 4 is 5.69 Å². The average Bonchev–Trinajstić information content (AvgIpc) is 2.74. The number of hydrogen-bond acceptors (Lipinski definition) is 3. The molecule has 3 nitrogen and oxygen atoms in total. The topological polar surface area (TPSA) is 21.7 Å². The van der Waals surface area contributed by atoms with Crippen LogP contribution in [0.5, 0.6) is 5.75 Å². The second-order valence-electron chi connectivity index (χ2n) is 8.62. The fourth-order valence-corrected chi connectivity index (χ4v) is 5.15. The molecule has 1 saturated carbocycles. The second-order valence-corrected chi connectivity index (χ2v) is 8.62. The summed E-state index contributed by atoms with van der Waals surface area (Å²) in [6.45, 7) is 0. The van der Waals surface area contributed by atoms with E-state index in [1.54, 1.807) is 7.11 Å². The fourth-order valence-electron chi connectivity index (χ4n) is 5.15. The maximum Gasteiger partial charge on any atom is 0.118 e. The zero-order valence-corrected chi connectivity index (χ0v) is 17.5. The highest BCUT2D eigenvalue weighted by atomic mass is 16.5. The van der Waals surface area contributed by atoms with Crippen molar-refractivity contribution in [2.45, 2.75) is 62.6 Å². The van der Waals surface area contributed by atoms with Crippen LogP contribution in [-0.2, 0) is 4.74 Å². The van der Waals surface area contributed by atoms with Crippen LogP contribution < -0.4 is 9.64 Å². The highest BCUT2D eigenvalue weighted by Crippen LogP contribution is 2.52. The van der Waals surface area contributed by atoms with E-state index in [-0.39, 0.29) is 11.7 Å². The lowest BCUT2D eigenvalue weighted by Gasteiger charge is -2.49. The van der Waals surface area contributed by atoms with Crippen LogP contribution >= 0.6 is 0 Å². The molecule has 1 spiro atoms. The maximum absolute atomic E-state index is 6.98. The molecule has 2 unspecified atom stereocenters. The van der Waals surface area contributed by atoms with Gasteiger partial charge in [-0.3, -0.25) is 0 Å². The summed E-state index contributed by atoms with van der Waals surface area (Å²) >= 11 is 0. The smallest absolute Gasteiger partial charge is 0.118 e. The quantitative estimate of drug-likeness (QED) is 0.641. The third-order valence-corrected chi connectivity index (χ3v) is 6.73. The first-order chi connectivity index (χ1) is 13.6. The molecule has 4 rings (SSSR count). The van der Waals surface area contributed by atoms with Crippen LogP contribution in [0.15, 0.2) is 48.5 Å². The van der Waals surface area contributed by atoms with Gasteiger partial charge in [-0.15, -0.1) is 0 Å². The molecular weight excluding hydrogens is 346 g/mol. The van der Waals surface area contributed by atoms with Gasteiger partial charge < -0.3 is 14.4 Å². The van der Waals surface area contributed by atoms with Crippen molar-refractivity contribution in [3.8, 4) is 5.75 Å². The van der Waals surface area contributed by atoms with Gasteiger partial charge in [0.2, 0.25) is 0 Å². The molecule has 0 amide bonds. The van der Waals surface area contributed by atoms with E-state index in [2.05, 4.69) is 67.5 Å². The number of methoxy groups -OCH3 is 1. The Hall–Kier alpha value is -2.00. The van der Waals surface area contributed by atoms with Crippen LogP contribution in [0.1, 0.15) is 68.1 Å². The molecule has 0 aromatic heterocycles. The minimum atomic E-state index is -0.0179. The van der Waals surface area contributed by atoms with E-state index in [0.717, 1.165) is 12.2 Å². The second kappa shape index (κ2) is 8.16. The van der Waals surface area contributed by atoms with Crippen LogP contribution in [0, 0.1) is 0 Å². The van der Waals surface area contributed by atoms with Crippen molar-refractivity contribution in [2.24, 2.45) is 0 Å². The molecule has 1 aliphatic carbocycles. The Kier molecular flexibility index (Phi) is 5.63. The van der Waals surface area contributed by atoms with Gasteiger partial charge in [-0.1, -0.05) is 43.5 Å². The molecule has 1 heterocycles. The number of hydrogen-bond donors (Lipinski definition) is 0. The Balaban J connectivity index is 1.59. The van der Waals surface area contributed by atoms with Crippen LogP contribution in [0.2, 0.25) is 0 Å². The van der Waals surface area contributed by atoms with Gasteiger partial charge in [0, 0.05) is 25.7 Å². The highest BCUT2D eigenvalue weighted by molar-refractivity contribution is 5.46. The standard InChI is InChI=1S/C25H33NO2/c1-26(2)21-11-7-20(8-12-21)24-16-15-23(19-9-13-22(27-3)14-10-19)25(28-24)17-5-4-6-18-25/h7-14,23-24H,4-6,15-18H2,1-3H3. The third kappa shape index (κ3) is 3.77. The van der Waals surface area contributed by atoms with E-state index < -0.39 is 0 Å². The van der Waals surface area contributed by atoms with E-state index >= 15 is 0 Å². The average molecular weight is 380 g/mol. The molecule has 2 aromatic carbocycles. The molecule has 0 N–H and O–H groups in total. The normalized spacial score (nSPS) is 24.1. The molecule has 1 saturated heterocycles. The molecule has 3 heteroatoms. The number of ether oxygens (including phenoxy) is 2. The van der Waals surface area contributed by atoms with Gasteiger partial charge in [0.25, 0.3) is 0 Å². The van der Waals surface area contributed by atoms with E-state index in [1.165, 1.54) is 55.3 Å². The van der Waals surface area contributed by atoms with Gasteiger partial charge in [-0.05, 0) is 61.1 Å². The summed E-state index contributed by atoms with van der Waals surface area (Å²) in [5.41, 5.74) is 3.95. The van der Waals surface area contributed by atoms with Crippen LogP contribution in [0.4, 0.5) is 5.69 Å². The Morgan fingerprint density at radius 3 is 2.11 bits per heavy atom. The molecule has 150 valence electrons. The minimum absolute atomic E-state index is 0.0179. The monoisotopic (exact) mass is 379 g/mol. The zero-order chi connectivity index (χ0) is 19.6. The Labute approximate surface area is 169 Å². The molecule has 0 bridgehead atoms. The summed E-state index contributed by atoms with van der Waals surface area (Å²) in [6, 6.07) is 17.6. The van der Waals surface area contributed by atoms with Gasteiger partial charge in [-0.2, -0.15) is 0 Å². The summed E-state index contributed by atoms with van der Waals surface area (Å²) < 4.78 is 12.3. The summed E-state index contributed by atoms with van der Waals surface area (Å²) in [5.74, 6) is 1.41. The van der Waals surface area contributed by atoms with Crippen molar-refractivity contribution < 1.29 is 9.47 Å². The number of anilines is 1. The van der Waals surface area contributed by atoms with Gasteiger partial charge >= 0.3 is 0 Å². The van der Waals surface area contributed by atoms with Gasteiger partial charge in [0.1, 0.15) is 5.75 Å². The lowest BCUT2D eigenvalue weighted by Crippen LogP contribution is -2.45. The van der Waals surface area contributed by atoms with Crippen molar-refractivity contribution in [2.75, 3.05) is 26.1 Å². The molecule has 28 heavy (non-hydrogen) atoms. The Morgan fingerprint density at radius 2 is 1.50 bits per heavy atom. The van der Waals surface area contributed by atoms with E-state index in [9.17, 15) is 0 Å². The van der Waals surface area contributed by atoms with Crippen LogP contribution in [0.3, 0.4) is 0 Å². The van der Waals surface area contributed by atoms with Crippen LogP contribution in [-0.4, -0.2) is 26.8 Å². The fraction of sp³-hybridized carbons (Fsp3) is 0.520. The largest absolute Gasteiger partial charge is 0.497 e. The van der Waals surface area contributed by atoms with Crippen molar-refractivity contribution in [1.29, 1.82) is 0 Å². The predicted molar refractivity (Wildman–Crippen MR) is 115 cm³/mol. The molecular formula is C25H33NO2. The lowest BCUT2D eigenvalue weighted by atomic mass is 9.68. The summed E-state index contributed by atoms with van der Waals surface area (Å²) in [7, 11) is 5.90. The van der Waals surface area contributed by atoms with Crippen molar-refractivity contribution in [1.82, 2.24) is 0 Å². The molecule has 2 atom stereocenters. The third-order valence-electron chi connectivity index (χ3n) is 6.73. The summed E-state index contributed by atoms with van der Waals surface area (Å²) in [4.78, 5) is 2.15. The van der Waals surface area contributed by atoms with Gasteiger partial charge in [0.15, 0.2) is 0 Å². The first-order valence-electron chi connectivity index (χ1n) is 10.7. The molecule has 0 radical (unpaired) electrons. The minimum Gasteiger partial charge on any atom is -0.497 e. The molecule has 1 aliphatic heterocycles. The number of rotatable bonds is 4. The first kappa shape index (κ1) is 19.3. The first-order valence-corrected chi connectivity index (χ1v) is 10.7. The van der Waals surface area contributed by atoms with Crippen LogP contribution in [0.25, 0.3) is 0 Å². The van der Waals surface area contributed by atoms with E-state index in [1.807, 2.05) is 0 Å².